The van der Waals surface area contributed by atoms with Gasteiger partial charge in [-0.3, -0.25) is 4.79 Å². The van der Waals surface area contributed by atoms with Gasteiger partial charge in [-0.1, -0.05) is 23.8 Å². The van der Waals surface area contributed by atoms with Gasteiger partial charge in [0.1, 0.15) is 0 Å². The minimum absolute atomic E-state index is 0.0501. The van der Waals surface area contributed by atoms with Crippen molar-refractivity contribution in [3.63, 3.8) is 0 Å². The molecule has 1 aliphatic rings. The third kappa shape index (κ3) is 4.04. The van der Waals surface area contributed by atoms with Crippen LogP contribution in [0, 0.1) is 10.5 Å². The number of carbonyl (C=O) groups is 1. The van der Waals surface area contributed by atoms with Crippen LogP contribution in [-0.4, -0.2) is 49.7 Å². The average molecular weight is 470 g/mol. The van der Waals surface area contributed by atoms with Crippen molar-refractivity contribution in [1.29, 1.82) is 0 Å². The van der Waals surface area contributed by atoms with Crippen LogP contribution >= 0.6 is 22.6 Å². The maximum atomic E-state index is 12.7. The Labute approximate surface area is 161 Å². The Balaban J connectivity index is 1.69. The highest BCUT2D eigenvalue weighted by Crippen LogP contribution is 2.19. The van der Waals surface area contributed by atoms with Crippen molar-refractivity contribution < 1.29 is 13.2 Å². The minimum Gasteiger partial charge on any atom is -0.336 e. The fraction of sp³-hybridized carbons (Fsp3) is 0.278. The van der Waals surface area contributed by atoms with E-state index in [1.807, 2.05) is 25.1 Å². The summed E-state index contributed by atoms with van der Waals surface area (Å²) in [7, 11) is -3.51. The molecule has 5 nitrogen and oxygen atoms in total. The molecule has 7 heteroatoms. The summed E-state index contributed by atoms with van der Waals surface area (Å²) in [5.41, 5.74) is 1.66. The van der Waals surface area contributed by atoms with Gasteiger partial charge in [-0.15, -0.1) is 0 Å². The zero-order valence-corrected chi connectivity index (χ0v) is 16.8. The third-order valence-corrected chi connectivity index (χ3v) is 6.84. The number of hydrogen-bond acceptors (Lipinski definition) is 3. The zero-order chi connectivity index (χ0) is 18.0. The van der Waals surface area contributed by atoms with Gasteiger partial charge in [-0.25, -0.2) is 8.42 Å². The summed E-state index contributed by atoms with van der Waals surface area (Å²) < 4.78 is 27.9. The van der Waals surface area contributed by atoms with Gasteiger partial charge in [0, 0.05) is 35.3 Å². The van der Waals surface area contributed by atoms with Crippen molar-refractivity contribution in [1.82, 2.24) is 9.21 Å². The number of halogens is 1. The molecule has 0 aromatic heterocycles. The van der Waals surface area contributed by atoms with Crippen molar-refractivity contribution in [2.24, 2.45) is 0 Å². The van der Waals surface area contributed by atoms with Crippen LogP contribution in [0.5, 0.6) is 0 Å². The van der Waals surface area contributed by atoms with E-state index >= 15 is 0 Å². The van der Waals surface area contributed by atoms with E-state index in [1.165, 1.54) is 4.31 Å². The molecule has 0 bridgehead atoms. The molecule has 0 spiro atoms. The Kier molecular flexibility index (Phi) is 5.45. The molecular weight excluding hydrogens is 451 g/mol. The van der Waals surface area contributed by atoms with E-state index < -0.39 is 10.0 Å². The molecule has 0 aliphatic carbocycles. The van der Waals surface area contributed by atoms with Crippen LogP contribution in [0.1, 0.15) is 15.9 Å². The van der Waals surface area contributed by atoms with E-state index in [1.54, 1.807) is 35.2 Å². The Hall–Kier alpha value is -1.45. The Morgan fingerprint density at radius 3 is 2.24 bits per heavy atom. The van der Waals surface area contributed by atoms with E-state index in [4.69, 9.17) is 0 Å². The lowest BCUT2D eigenvalue weighted by molar-refractivity contribution is 0.0698. The number of benzene rings is 2. The lowest BCUT2D eigenvalue weighted by atomic mass is 10.2. The first-order chi connectivity index (χ1) is 11.9. The summed E-state index contributed by atoms with van der Waals surface area (Å²) in [6, 6.07) is 14.3. The lowest BCUT2D eigenvalue weighted by Crippen LogP contribution is -2.50. The molecule has 25 heavy (non-hydrogen) atoms. The maximum absolute atomic E-state index is 12.7. The van der Waals surface area contributed by atoms with Gasteiger partial charge in [-0.05, 0) is 59.8 Å². The highest BCUT2D eigenvalue weighted by atomic mass is 127. The highest BCUT2D eigenvalue weighted by Gasteiger charge is 2.30. The molecular formula is C18H19IN2O3S. The van der Waals surface area contributed by atoms with Gasteiger partial charge in [0.15, 0.2) is 0 Å². The number of nitrogens with zero attached hydrogens (tertiary/aromatic N) is 2. The van der Waals surface area contributed by atoms with Gasteiger partial charge in [0.05, 0.1) is 4.90 Å². The highest BCUT2D eigenvalue weighted by molar-refractivity contribution is 14.1. The van der Waals surface area contributed by atoms with E-state index in [2.05, 4.69) is 22.6 Å². The first-order valence-corrected chi connectivity index (χ1v) is 10.5. The molecule has 3 rings (SSSR count). The second-order valence-corrected chi connectivity index (χ2v) is 9.20. The second kappa shape index (κ2) is 7.43. The molecule has 0 radical (unpaired) electrons. The average Bonchev–Trinajstić information content (AvgIpc) is 2.61. The second-order valence-electron chi connectivity index (χ2n) is 6.02. The normalized spacial score (nSPS) is 16.0. The van der Waals surface area contributed by atoms with Gasteiger partial charge in [0.25, 0.3) is 5.91 Å². The van der Waals surface area contributed by atoms with Crippen LogP contribution in [0.2, 0.25) is 0 Å². The summed E-state index contributed by atoms with van der Waals surface area (Å²) in [6.07, 6.45) is 0. The van der Waals surface area contributed by atoms with E-state index in [9.17, 15) is 13.2 Å². The van der Waals surface area contributed by atoms with Crippen LogP contribution in [0.3, 0.4) is 0 Å². The predicted octanol–water partition coefficient (Wildman–Crippen LogP) is 2.75. The zero-order valence-electron chi connectivity index (χ0n) is 13.9. The summed E-state index contributed by atoms with van der Waals surface area (Å²) in [5, 5.41) is 0. The molecule has 2 aromatic carbocycles. The van der Waals surface area contributed by atoms with Gasteiger partial charge in [-0.2, -0.15) is 4.31 Å². The van der Waals surface area contributed by atoms with E-state index in [0.717, 1.165) is 9.13 Å². The largest absolute Gasteiger partial charge is 0.336 e. The molecule has 0 N–H and O–H groups in total. The molecule has 1 saturated heterocycles. The topological polar surface area (TPSA) is 57.7 Å². The molecule has 0 atom stereocenters. The molecule has 1 aliphatic heterocycles. The van der Waals surface area contributed by atoms with E-state index in [0.29, 0.717) is 36.6 Å². The molecule has 0 unspecified atom stereocenters. The number of rotatable bonds is 3. The quantitative estimate of drug-likeness (QED) is 0.649. The number of carbonyl (C=O) groups excluding carboxylic acids is 1. The van der Waals surface area contributed by atoms with Gasteiger partial charge in [0.2, 0.25) is 10.0 Å². The van der Waals surface area contributed by atoms with Crippen molar-refractivity contribution in [2.45, 2.75) is 11.8 Å². The Morgan fingerprint density at radius 2 is 1.64 bits per heavy atom. The molecule has 1 amide bonds. The smallest absolute Gasteiger partial charge is 0.253 e. The first-order valence-electron chi connectivity index (χ1n) is 7.99. The maximum Gasteiger partial charge on any atom is 0.253 e. The van der Waals surface area contributed by atoms with Crippen LogP contribution in [0.15, 0.2) is 53.4 Å². The number of hydrogen-bond donors (Lipinski definition) is 0. The van der Waals surface area contributed by atoms with Gasteiger partial charge < -0.3 is 4.90 Å². The van der Waals surface area contributed by atoms with Crippen molar-refractivity contribution >= 4 is 38.5 Å². The third-order valence-electron chi connectivity index (χ3n) is 4.26. The summed E-state index contributed by atoms with van der Waals surface area (Å²) in [4.78, 5) is 14.6. The fourth-order valence-electron chi connectivity index (χ4n) is 2.79. The fourth-order valence-corrected chi connectivity index (χ4v) is 4.76. The van der Waals surface area contributed by atoms with E-state index in [-0.39, 0.29) is 5.91 Å². The van der Waals surface area contributed by atoms with Crippen LogP contribution in [0.4, 0.5) is 0 Å². The first kappa shape index (κ1) is 18.3. The predicted molar refractivity (Wildman–Crippen MR) is 105 cm³/mol. The molecule has 1 fully saturated rings. The molecule has 132 valence electrons. The standard InChI is InChI=1S/C18H19IN2O3S/c1-14-5-7-17(8-6-14)25(23,24)21-11-9-20(10-12-21)18(22)15-3-2-4-16(19)13-15/h2-8,13H,9-12H2,1H3. The summed E-state index contributed by atoms with van der Waals surface area (Å²) in [6.45, 7) is 3.34. The van der Waals surface area contributed by atoms with Crippen molar-refractivity contribution in [2.75, 3.05) is 26.2 Å². The summed E-state index contributed by atoms with van der Waals surface area (Å²) >= 11 is 2.17. The Morgan fingerprint density at radius 1 is 1.00 bits per heavy atom. The monoisotopic (exact) mass is 470 g/mol. The summed E-state index contributed by atoms with van der Waals surface area (Å²) in [5.74, 6) is -0.0501. The lowest BCUT2D eigenvalue weighted by Gasteiger charge is -2.34. The SMILES string of the molecule is Cc1ccc(S(=O)(=O)N2CCN(C(=O)c3cccc(I)c3)CC2)cc1. The minimum atomic E-state index is -3.51. The molecule has 2 aromatic rings. The Bertz CT molecular complexity index is 873. The van der Waals surface area contributed by atoms with Crippen molar-refractivity contribution in [3.8, 4) is 0 Å². The molecule has 1 heterocycles. The van der Waals surface area contributed by atoms with Crippen molar-refractivity contribution in [3.05, 3.63) is 63.2 Å². The number of piperazine rings is 1. The number of amides is 1. The van der Waals surface area contributed by atoms with Gasteiger partial charge >= 0.3 is 0 Å². The number of sulfonamides is 1. The number of aryl methyl sites for hydroxylation is 1. The van der Waals surface area contributed by atoms with Crippen LogP contribution in [-0.2, 0) is 10.0 Å². The van der Waals surface area contributed by atoms with Crippen LogP contribution in [0.25, 0.3) is 0 Å². The van der Waals surface area contributed by atoms with Crippen LogP contribution < -0.4 is 0 Å². The molecule has 0 saturated carbocycles.